The first-order valence-electron chi connectivity index (χ1n) is 6.29. The third-order valence-electron chi connectivity index (χ3n) is 3.61. The fourth-order valence-corrected chi connectivity index (χ4v) is 2.49. The second-order valence-corrected chi connectivity index (χ2v) is 4.92. The van der Waals surface area contributed by atoms with Crippen molar-refractivity contribution in [3.8, 4) is 5.75 Å². The summed E-state index contributed by atoms with van der Waals surface area (Å²) in [5, 5.41) is 12.4. The van der Waals surface area contributed by atoms with Gasteiger partial charge in [0.2, 0.25) is 0 Å². The Balaban J connectivity index is 2.11. The highest BCUT2D eigenvalue weighted by molar-refractivity contribution is 5.90. The predicted octanol–water partition coefficient (Wildman–Crippen LogP) is 2.01. The lowest BCUT2D eigenvalue weighted by Gasteiger charge is -2.24. The number of carboxylic acid groups (broad SMARTS) is 1. The second-order valence-electron chi connectivity index (χ2n) is 4.92. The number of benzene rings is 1. The van der Waals surface area contributed by atoms with Gasteiger partial charge in [-0.05, 0) is 31.5 Å². The zero-order valence-corrected chi connectivity index (χ0v) is 10.7. The van der Waals surface area contributed by atoms with Crippen molar-refractivity contribution in [3.63, 3.8) is 0 Å². The Labute approximate surface area is 107 Å². The number of ether oxygens (including phenoxy) is 1. The van der Waals surface area contributed by atoms with Crippen LogP contribution in [0, 0.1) is 11.8 Å². The van der Waals surface area contributed by atoms with E-state index in [9.17, 15) is 4.79 Å². The largest absolute Gasteiger partial charge is 0.489 e. The van der Waals surface area contributed by atoms with E-state index >= 15 is 0 Å². The van der Waals surface area contributed by atoms with Gasteiger partial charge in [0.15, 0.2) is 0 Å². The Kier molecular flexibility index (Phi) is 3.87. The van der Waals surface area contributed by atoms with E-state index in [1.54, 1.807) is 24.3 Å². The van der Waals surface area contributed by atoms with Crippen LogP contribution >= 0.6 is 0 Å². The number of nitrogens with one attached hydrogen (secondary N) is 1. The molecule has 4 nitrogen and oxygen atoms in total. The maximum Gasteiger partial charge on any atom is 0.339 e. The van der Waals surface area contributed by atoms with Crippen molar-refractivity contribution in [2.24, 2.45) is 11.8 Å². The van der Waals surface area contributed by atoms with Crippen LogP contribution in [0.1, 0.15) is 24.2 Å². The number of carbonyl (C=O) groups is 1. The summed E-state index contributed by atoms with van der Waals surface area (Å²) in [6.07, 6.45) is 0.00972. The van der Waals surface area contributed by atoms with Gasteiger partial charge in [0, 0.05) is 12.5 Å². The fraction of sp³-hybridized carbons (Fsp3) is 0.500. The molecule has 0 aromatic heterocycles. The molecule has 1 aromatic carbocycles. The van der Waals surface area contributed by atoms with Crippen molar-refractivity contribution in [2.45, 2.75) is 20.0 Å². The van der Waals surface area contributed by atoms with Gasteiger partial charge < -0.3 is 15.2 Å². The van der Waals surface area contributed by atoms with Gasteiger partial charge in [-0.25, -0.2) is 4.79 Å². The van der Waals surface area contributed by atoms with Crippen LogP contribution in [0.2, 0.25) is 0 Å². The molecule has 1 aromatic rings. The van der Waals surface area contributed by atoms with Crippen LogP contribution in [0.3, 0.4) is 0 Å². The van der Waals surface area contributed by atoms with Crippen LogP contribution in [0.4, 0.5) is 0 Å². The molecule has 0 spiro atoms. The molecule has 1 saturated heterocycles. The van der Waals surface area contributed by atoms with Gasteiger partial charge in [0.1, 0.15) is 17.4 Å². The lowest BCUT2D eigenvalue weighted by Crippen LogP contribution is -2.29. The highest BCUT2D eigenvalue weighted by Gasteiger charge is 2.30. The normalized spacial score (nSPS) is 24.8. The molecular formula is C14H19NO3. The highest BCUT2D eigenvalue weighted by atomic mass is 16.5. The predicted molar refractivity (Wildman–Crippen MR) is 69.0 cm³/mol. The SMILES string of the molecule is CC1CNCC1C(C)Oc1ccccc1C(=O)O. The van der Waals surface area contributed by atoms with Crippen LogP contribution < -0.4 is 10.1 Å². The van der Waals surface area contributed by atoms with E-state index in [0.29, 0.717) is 17.6 Å². The molecule has 0 amide bonds. The Morgan fingerprint density at radius 3 is 2.78 bits per heavy atom. The van der Waals surface area contributed by atoms with E-state index in [4.69, 9.17) is 9.84 Å². The Hall–Kier alpha value is -1.55. The van der Waals surface area contributed by atoms with E-state index < -0.39 is 5.97 Å². The first kappa shape index (κ1) is 12.9. The molecule has 0 radical (unpaired) electrons. The van der Waals surface area contributed by atoms with E-state index in [1.807, 2.05) is 6.92 Å². The van der Waals surface area contributed by atoms with E-state index in [2.05, 4.69) is 12.2 Å². The second kappa shape index (κ2) is 5.40. The topological polar surface area (TPSA) is 58.6 Å². The molecule has 18 heavy (non-hydrogen) atoms. The minimum absolute atomic E-state index is 0.00972. The number of hydrogen-bond donors (Lipinski definition) is 2. The average molecular weight is 249 g/mol. The van der Waals surface area contributed by atoms with Crippen LogP contribution in [-0.4, -0.2) is 30.3 Å². The number of aromatic carboxylic acids is 1. The van der Waals surface area contributed by atoms with Crippen molar-refractivity contribution in [2.75, 3.05) is 13.1 Å². The van der Waals surface area contributed by atoms with Gasteiger partial charge in [-0.1, -0.05) is 19.1 Å². The van der Waals surface area contributed by atoms with Crippen molar-refractivity contribution >= 4 is 5.97 Å². The van der Waals surface area contributed by atoms with E-state index in [0.717, 1.165) is 13.1 Å². The summed E-state index contributed by atoms with van der Waals surface area (Å²) in [6.45, 7) is 6.12. The van der Waals surface area contributed by atoms with Gasteiger partial charge in [-0.2, -0.15) is 0 Å². The molecule has 0 bridgehead atoms. The van der Waals surface area contributed by atoms with Crippen LogP contribution in [0.15, 0.2) is 24.3 Å². The maximum absolute atomic E-state index is 11.1. The highest BCUT2D eigenvalue weighted by Crippen LogP contribution is 2.26. The number of hydrogen-bond acceptors (Lipinski definition) is 3. The number of carboxylic acids is 1. The molecule has 3 unspecified atom stereocenters. The summed E-state index contributed by atoms with van der Waals surface area (Å²) in [6, 6.07) is 6.79. The quantitative estimate of drug-likeness (QED) is 0.857. The zero-order chi connectivity index (χ0) is 13.1. The molecule has 0 saturated carbocycles. The van der Waals surface area contributed by atoms with Crippen LogP contribution in [0.25, 0.3) is 0 Å². The van der Waals surface area contributed by atoms with Gasteiger partial charge >= 0.3 is 5.97 Å². The molecule has 1 aliphatic heterocycles. The summed E-state index contributed by atoms with van der Waals surface area (Å²) in [5.41, 5.74) is 0.225. The van der Waals surface area contributed by atoms with Crippen LogP contribution in [0.5, 0.6) is 5.75 Å². The first-order chi connectivity index (χ1) is 8.59. The molecule has 2 N–H and O–H groups in total. The van der Waals surface area contributed by atoms with Gasteiger partial charge in [0.25, 0.3) is 0 Å². The third-order valence-corrected chi connectivity index (χ3v) is 3.61. The summed E-state index contributed by atoms with van der Waals surface area (Å²) >= 11 is 0. The van der Waals surface area contributed by atoms with Crippen molar-refractivity contribution in [3.05, 3.63) is 29.8 Å². The Morgan fingerprint density at radius 1 is 1.44 bits per heavy atom. The molecule has 3 atom stereocenters. The lowest BCUT2D eigenvalue weighted by atomic mass is 9.93. The number of rotatable bonds is 4. The van der Waals surface area contributed by atoms with Crippen molar-refractivity contribution in [1.82, 2.24) is 5.32 Å². The fourth-order valence-electron chi connectivity index (χ4n) is 2.49. The van der Waals surface area contributed by atoms with Gasteiger partial charge in [-0.3, -0.25) is 0 Å². The Morgan fingerprint density at radius 2 is 2.17 bits per heavy atom. The van der Waals surface area contributed by atoms with Gasteiger partial charge in [0.05, 0.1) is 0 Å². The summed E-state index contributed by atoms with van der Waals surface area (Å²) in [5.74, 6) is 0.482. The molecule has 98 valence electrons. The summed E-state index contributed by atoms with van der Waals surface area (Å²) in [7, 11) is 0. The molecular weight excluding hydrogens is 230 g/mol. The smallest absolute Gasteiger partial charge is 0.339 e. The summed E-state index contributed by atoms with van der Waals surface area (Å²) < 4.78 is 5.84. The molecule has 2 rings (SSSR count). The minimum Gasteiger partial charge on any atom is -0.489 e. The van der Waals surface area contributed by atoms with Gasteiger partial charge in [-0.15, -0.1) is 0 Å². The molecule has 4 heteroatoms. The number of para-hydroxylation sites is 1. The van der Waals surface area contributed by atoms with E-state index in [-0.39, 0.29) is 11.7 Å². The maximum atomic E-state index is 11.1. The summed E-state index contributed by atoms with van der Waals surface area (Å²) in [4.78, 5) is 11.1. The lowest BCUT2D eigenvalue weighted by molar-refractivity contribution is 0.0684. The van der Waals surface area contributed by atoms with E-state index in [1.165, 1.54) is 0 Å². The average Bonchev–Trinajstić information content (AvgIpc) is 2.76. The zero-order valence-electron chi connectivity index (χ0n) is 10.7. The van der Waals surface area contributed by atoms with Crippen molar-refractivity contribution in [1.29, 1.82) is 0 Å². The molecule has 0 aliphatic carbocycles. The monoisotopic (exact) mass is 249 g/mol. The van der Waals surface area contributed by atoms with Crippen LogP contribution in [-0.2, 0) is 0 Å². The standard InChI is InChI=1S/C14H19NO3/c1-9-7-15-8-12(9)10(2)18-13-6-4-3-5-11(13)14(16)17/h3-6,9-10,12,15H,7-8H2,1-2H3,(H,16,17). The van der Waals surface area contributed by atoms with Crippen molar-refractivity contribution < 1.29 is 14.6 Å². The minimum atomic E-state index is -0.949. The molecule has 1 aliphatic rings. The molecule has 1 fully saturated rings. The molecule has 1 heterocycles. The first-order valence-corrected chi connectivity index (χ1v) is 6.29. The third kappa shape index (κ3) is 2.64. The Bertz CT molecular complexity index is 433.